The molecule has 0 bridgehead atoms. The zero-order valence-corrected chi connectivity index (χ0v) is 21.7. The average Bonchev–Trinajstić information content (AvgIpc) is 3.68. The Balaban J connectivity index is 1.87. The van der Waals surface area contributed by atoms with Gasteiger partial charge in [0.25, 0.3) is 5.91 Å². The van der Waals surface area contributed by atoms with Crippen LogP contribution in [0.25, 0.3) is 0 Å². The number of hydrogen-bond acceptors (Lipinski definition) is 10. The molecule has 11 heteroatoms. The molecule has 0 N–H and O–H groups in total. The molecule has 1 fully saturated rings. The molecule has 0 unspecified atom stereocenters. The number of carbonyl (C=O) groups is 4. The summed E-state index contributed by atoms with van der Waals surface area (Å²) in [5.41, 5.74) is -0.195. The second-order valence-electron chi connectivity index (χ2n) is 9.02. The van der Waals surface area contributed by atoms with E-state index in [1.54, 1.807) is 13.0 Å². The molecule has 1 spiro atoms. The summed E-state index contributed by atoms with van der Waals surface area (Å²) in [6.45, 7) is 1.87. The van der Waals surface area contributed by atoms with Crippen molar-refractivity contribution in [2.75, 3.05) is 32.8 Å². The predicted octanol–water partition coefficient (Wildman–Crippen LogP) is 1.83. The van der Waals surface area contributed by atoms with Crippen molar-refractivity contribution in [1.29, 1.82) is 0 Å². The number of hydrogen-bond donors (Lipinski definition) is 0. The summed E-state index contributed by atoms with van der Waals surface area (Å²) in [7, 11) is 3.58. The Labute approximate surface area is 224 Å². The van der Waals surface area contributed by atoms with Gasteiger partial charge in [-0.05, 0) is 37.1 Å². The molecular formula is C28H25N3O8. The van der Waals surface area contributed by atoms with Crippen LogP contribution in [0.3, 0.4) is 0 Å². The van der Waals surface area contributed by atoms with E-state index in [4.69, 9.17) is 18.6 Å². The van der Waals surface area contributed by atoms with Crippen LogP contribution in [-0.2, 0) is 34.0 Å². The fourth-order valence-electron chi connectivity index (χ4n) is 5.81. The number of likely N-dealkylation sites (tertiary alicyclic amines) is 1. The average molecular weight is 532 g/mol. The van der Waals surface area contributed by atoms with Crippen LogP contribution < -0.4 is 4.90 Å². The van der Waals surface area contributed by atoms with E-state index in [1.807, 2.05) is 29.2 Å². The van der Waals surface area contributed by atoms with Crippen LogP contribution in [-0.4, -0.2) is 74.5 Å². The van der Waals surface area contributed by atoms with Crippen LogP contribution in [0.1, 0.15) is 29.5 Å². The summed E-state index contributed by atoms with van der Waals surface area (Å²) < 4.78 is 20.6. The molecule has 3 aliphatic rings. The number of methoxy groups -OCH3 is 3. The molecule has 0 radical (unpaired) electrons. The van der Waals surface area contributed by atoms with E-state index in [9.17, 15) is 19.2 Å². The Morgan fingerprint density at radius 1 is 1.05 bits per heavy atom. The molecule has 200 valence electrons. The highest BCUT2D eigenvalue weighted by Crippen LogP contribution is 2.57. The molecule has 3 atom stereocenters. The van der Waals surface area contributed by atoms with Crippen molar-refractivity contribution < 1.29 is 37.8 Å². The Hall–Kier alpha value is -4.85. The molecule has 4 heterocycles. The highest BCUT2D eigenvalue weighted by atomic mass is 16.5. The van der Waals surface area contributed by atoms with Gasteiger partial charge in [0.1, 0.15) is 11.9 Å². The smallest absolute Gasteiger partial charge is 0.357 e. The molecule has 1 saturated heterocycles. The largest absolute Gasteiger partial charge is 0.467 e. The minimum absolute atomic E-state index is 0.0115. The quantitative estimate of drug-likeness (QED) is 0.322. The number of aliphatic imine (C=N–C) groups is 1. The van der Waals surface area contributed by atoms with Crippen LogP contribution in [0, 0.1) is 11.8 Å². The van der Waals surface area contributed by atoms with Crippen LogP contribution in [0.2, 0.25) is 0 Å². The fraction of sp³-hybridized carbons (Fsp3) is 0.321. The molecule has 2 aromatic rings. The standard InChI is InChI=1S/C28H25N3O8/c1-5-6-13-30-17-11-8-7-10-16(17)28-15-18(24(33)36-2)31(23(32)19-12-9-14-39-19)27(28)29-21(26(35)38-4)20(22(28)30)25(34)37-3/h7-12,14,18,22H,13,15H2,1-4H3/t18-,22-,28-/m0/s1. The minimum atomic E-state index is -1.23. The molecule has 5 rings (SSSR count). The fourth-order valence-corrected chi connectivity index (χ4v) is 5.81. The van der Waals surface area contributed by atoms with Gasteiger partial charge in [-0.15, -0.1) is 5.92 Å². The molecule has 0 aliphatic carbocycles. The number of fused-ring (bicyclic) bond motifs is 1. The van der Waals surface area contributed by atoms with E-state index in [0.29, 0.717) is 11.3 Å². The van der Waals surface area contributed by atoms with Gasteiger partial charge in [0, 0.05) is 5.69 Å². The first-order valence-electron chi connectivity index (χ1n) is 12.1. The van der Waals surface area contributed by atoms with Crippen molar-refractivity contribution in [2.24, 2.45) is 4.99 Å². The number of anilines is 1. The van der Waals surface area contributed by atoms with Gasteiger partial charge in [-0.2, -0.15) is 0 Å². The highest BCUT2D eigenvalue weighted by Gasteiger charge is 2.68. The Bertz CT molecular complexity index is 1500. The van der Waals surface area contributed by atoms with Gasteiger partial charge < -0.3 is 23.5 Å². The van der Waals surface area contributed by atoms with Gasteiger partial charge in [-0.1, -0.05) is 24.1 Å². The second kappa shape index (κ2) is 9.79. The van der Waals surface area contributed by atoms with Crippen molar-refractivity contribution in [3.05, 3.63) is 65.3 Å². The lowest BCUT2D eigenvalue weighted by Gasteiger charge is -2.40. The molecule has 11 nitrogen and oxygen atoms in total. The van der Waals surface area contributed by atoms with E-state index in [2.05, 4.69) is 16.8 Å². The number of nitrogens with zero attached hydrogens (tertiary/aromatic N) is 3. The molecule has 0 saturated carbocycles. The zero-order chi connectivity index (χ0) is 27.9. The lowest BCUT2D eigenvalue weighted by atomic mass is 9.69. The Kier molecular flexibility index (Phi) is 6.48. The van der Waals surface area contributed by atoms with Gasteiger partial charge >= 0.3 is 17.9 Å². The summed E-state index contributed by atoms with van der Waals surface area (Å²) in [5.74, 6) is 2.91. The number of furan rings is 1. The third-order valence-electron chi connectivity index (χ3n) is 7.31. The van der Waals surface area contributed by atoms with Crippen LogP contribution in [0.4, 0.5) is 5.69 Å². The summed E-state index contributed by atoms with van der Waals surface area (Å²) in [6, 6.07) is 8.31. The third-order valence-corrected chi connectivity index (χ3v) is 7.31. The number of para-hydroxylation sites is 1. The molecule has 1 aromatic heterocycles. The highest BCUT2D eigenvalue weighted by molar-refractivity contribution is 6.19. The first kappa shape index (κ1) is 25.8. The maximum absolute atomic E-state index is 13.8. The minimum Gasteiger partial charge on any atom is -0.467 e. The van der Waals surface area contributed by atoms with Gasteiger partial charge in [0.05, 0.1) is 51.2 Å². The van der Waals surface area contributed by atoms with Crippen LogP contribution in [0.15, 0.2) is 63.3 Å². The maximum Gasteiger partial charge on any atom is 0.357 e. The lowest BCUT2D eigenvalue weighted by Crippen LogP contribution is -2.56. The first-order valence-corrected chi connectivity index (χ1v) is 12.1. The second-order valence-corrected chi connectivity index (χ2v) is 9.02. The summed E-state index contributed by atoms with van der Waals surface area (Å²) in [5, 5.41) is 0. The van der Waals surface area contributed by atoms with Crippen LogP contribution in [0.5, 0.6) is 0 Å². The topological polar surface area (TPSA) is 128 Å². The maximum atomic E-state index is 13.8. The number of amidine groups is 1. The van der Waals surface area contributed by atoms with Gasteiger partial charge in [0.2, 0.25) is 0 Å². The summed E-state index contributed by atoms with van der Waals surface area (Å²) in [4.78, 5) is 61.2. The molecule has 39 heavy (non-hydrogen) atoms. The molecule has 1 amide bonds. The summed E-state index contributed by atoms with van der Waals surface area (Å²) in [6.07, 6.45) is 1.35. The number of ether oxygens (including phenoxy) is 3. The van der Waals surface area contributed by atoms with E-state index >= 15 is 0 Å². The van der Waals surface area contributed by atoms with Gasteiger partial charge in [0.15, 0.2) is 11.5 Å². The van der Waals surface area contributed by atoms with Gasteiger partial charge in [-0.3, -0.25) is 9.69 Å². The van der Waals surface area contributed by atoms with Crippen molar-refractivity contribution in [3.63, 3.8) is 0 Å². The Morgan fingerprint density at radius 3 is 2.44 bits per heavy atom. The van der Waals surface area contributed by atoms with Crippen LogP contribution >= 0.6 is 0 Å². The van der Waals surface area contributed by atoms with Crippen molar-refractivity contribution >= 4 is 35.3 Å². The third kappa shape index (κ3) is 3.63. The van der Waals surface area contributed by atoms with E-state index in [1.165, 1.54) is 31.4 Å². The SMILES string of the molecule is CC#CCN1c2ccccc2[C@]23C[C@@H](C(=O)OC)N(C(=O)c4ccco4)C2=NC(C(=O)OC)=C(C(=O)OC)[C@H]13. The van der Waals surface area contributed by atoms with E-state index in [-0.39, 0.29) is 35.8 Å². The number of amides is 1. The van der Waals surface area contributed by atoms with Crippen molar-refractivity contribution in [1.82, 2.24) is 4.90 Å². The number of benzene rings is 1. The first-order chi connectivity index (χ1) is 18.8. The number of esters is 3. The van der Waals surface area contributed by atoms with Gasteiger partial charge in [-0.25, -0.2) is 19.4 Å². The van der Waals surface area contributed by atoms with Crippen molar-refractivity contribution in [2.45, 2.75) is 30.8 Å². The number of rotatable bonds is 5. The molecular weight excluding hydrogens is 506 g/mol. The Morgan fingerprint density at radius 2 is 1.79 bits per heavy atom. The molecule has 1 aromatic carbocycles. The molecule has 3 aliphatic heterocycles. The zero-order valence-electron chi connectivity index (χ0n) is 21.7. The van der Waals surface area contributed by atoms with E-state index < -0.39 is 41.3 Å². The number of carbonyl (C=O) groups excluding carboxylic acids is 4. The lowest BCUT2D eigenvalue weighted by molar-refractivity contribution is -0.144. The normalized spacial score (nSPS) is 22.6. The van der Waals surface area contributed by atoms with E-state index in [0.717, 1.165) is 7.11 Å². The monoisotopic (exact) mass is 531 g/mol. The van der Waals surface area contributed by atoms with Crippen molar-refractivity contribution in [3.8, 4) is 11.8 Å². The predicted molar refractivity (Wildman–Crippen MR) is 136 cm³/mol. The summed E-state index contributed by atoms with van der Waals surface area (Å²) >= 11 is 0.